The van der Waals surface area contributed by atoms with Crippen LogP contribution in [0.2, 0.25) is 0 Å². The van der Waals surface area contributed by atoms with Gasteiger partial charge in [-0.1, -0.05) is 47.6 Å². The fourth-order valence-corrected chi connectivity index (χ4v) is 1.49. The van der Waals surface area contributed by atoms with Gasteiger partial charge >= 0.3 is 0 Å². The average molecular weight is 194 g/mol. The lowest BCUT2D eigenvalue weighted by Crippen LogP contribution is -1.79. The van der Waals surface area contributed by atoms with Gasteiger partial charge in [0.15, 0.2) is 0 Å². The Morgan fingerprint density at radius 3 is 2.40 bits per heavy atom. The molecule has 0 heterocycles. The molecule has 0 spiro atoms. The molecule has 0 atom stereocenters. The molecule has 15 heavy (non-hydrogen) atoms. The number of hydrogen-bond donors (Lipinski definition) is 0. The number of benzene rings is 1. The predicted molar refractivity (Wildman–Crippen MR) is 65.6 cm³/mol. The van der Waals surface area contributed by atoms with Crippen LogP contribution in [0.4, 0.5) is 0 Å². The van der Waals surface area contributed by atoms with Crippen LogP contribution in [0.3, 0.4) is 0 Å². The van der Waals surface area contributed by atoms with E-state index in [-0.39, 0.29) is 0 Å². The summed E-state index contributed by atoms with van der Waals surface area (Å²) in [5.41, 5.74) is 8.18. The standard InChI is InChI=1S/C15H14/c1-12-4-3-5-14(9-6-12)15-10-7-13(2)8-11-15/h3-4,6-11H,1-2H3. The van der Waals surface area contributed by atoms with Gasteiger partial charge in [0.1, 0.15) is 0 Å². The van der Waals surface area contributed by atoms with Crippen LogP contribution in [0.5, 0.6) is 0 Å². The molecule has 0 amide bonds. The van der Waals surface area contributed by atoms with Crippen molar-refractivity contribution >= 4 is 5.57 Å². The Labute approximate surface area is 91.0 Å². The monoisotopic (exact) mass is 194 g/mol. The summed E-state index contributed by atoms with van der Waals surface area (Å²) < 4.78 is 0. The van der Waals surface area contributed by atoms with E-state index in [9.17, 15) is 0 Å². The molecule has 0 saturated carbocycles. The maximum Gasteiger partial charge on any atom is 0.0237 e. The van der Waals surface area contributed by atoms with Gasteiger partial charge in [0.2, 0.25) is 0 Å². The second-order valence-electron chi connectivity index (χ2n) is 3.83. The summed E-state index contributed by atoms with van der Waals surface area (Å²) >= 11 is 0. The zero-order valence-corrected chi connectivity index (χ0v) is 9.12. The van der Waals surface area contributed by atoms with Gasteiger partial charge < -0.3 is 0 Å². The SMILES string of the molecule is CC1=CC=C=C(c2ccc(C)cc2)C=C1. The van der Waals surface area contributed by atoms with Crippen molar-refractivity contribution < 1.29 is 0 Å². The molecule has 1 aromatic rings. The summed E-state index contributed by atoms with van der Waals surface area (Å²) in [7, 11) is 0. The molecule has 0 radical (unpaired) electrons. The molecule has 1 aliphatic rings. The second-order valence-corrected chi connectivity index (χ2v) is 3.83. The fraction of sp³-hybridized carbons (Fsp3) is 0.133. The van der Waals surface area contributed by atoms with E-state index in [1.54, 1.807) is 0 Å². The zero-order chi connectivity index (χ0) is 10.7. The second kappa shape index (κ2) is 4.16. The molecule has 0 N–H and O–H groups in total. The molecular formula is C15H14. The first-order valence-corrected chi connectivity index (χ1v) is 5.14. The third kappa shape index (κ3) is 2.37. The quantitative estimate of drug-likeness (QED) is 0.592. The molecular weight excluding hydrogens is 180 g/mol. The Morgan fingerprint density at radius 2 is 1.67 bits per heavy atom. The van der Waals surface area contributed by atoms with Crippen LogP contribution < -0.4 is 0 Å². The molecule has 1 aromatic carbocycles. The third-order valence-electron chi connectivity index (χ3n) is 2.46. The number of rotatable bonds is 1. The lowest BCUT2D eigenvalue weighted by atomic mass is 10.0. The molecule has 0 bridgehead atoms. The highest BCUT2D eigenvalue weighted by Crippen LogP contribution is 2.17. The van der Waals surface area contributed by atoms with Crippen LogP contribution in [-0.4, -0.2) is 0 Å². The van der Waals surface area contributed by atoms with Crippen molar-refractivity contribution in [1.82, 2.24) is 0 Å². The van der Waals surface area contributed by atoms with E-state index in [0.29, 0.717) is 0 Å². The lowest BCUT2D eigenvalue weighted by Gasteiger charge is -1.99. The first-order valence-electron chi connectivity index (χ1n) is 5.14. The topological polar surface area (TPSA) is 0 Å². The van der Waals surface area contributed by atoms with Crippen LogP contribution in [-0.2, 0) is 0 Å². The van der Waals surface area contributed by atoms with Gasteiger partial charge in [0.05, 0.1) is 0 Å². The third-order valence-corrected chi connectivity index (χ3v) is 2.46. The normalized spacial score (nSPS) is 14.5. The van der Waals surface area contributed by atoms with Gasteiger partial charge in [-0.05, 0) is 31.6 Å². The number of hydrogen-bond acceptors (Lipinski definition) is 0. The van der Waals surface area contributed by atoms with E-state index >= 15 is 0 Å². The van der Waals surface area contributed by atoms with Crippen molar-refractivity contribution in [3.05, 3.63) is 71.0 Å². The molecule has 0 aliphatic heterocycles. The Hall–Kier alpha value is -1.78. The van der Waals surface area contributed by atoms with E-state index in [4.69, 9.17) is 0 Å². The number of allylic oxidation sites excluding steroid dienone is 5. The van der Waals surface area contributed by atoms with Gasteiger partial charge in [-0.15, -0.1) is 5.73 Å². The minimum Gasteiger partial charge on any atom is -0.112 e. The summed E-state index contributed by atoms with van der Waals surface area (Å²) in [4.78, 5) is 0. The summed E-state index contributed by atoms with van der Waals surface area (Å²) in [5.74, 6) is 0. The van der Waals surface area contributed by atoms with Crippen LogP contribution in [0.1, 0.15) is 18.1 Å². The summed E-state index contributed by atoms with van der Waals surface area (Å²) in [6.45, 7) is 4.19. The van der Waals surface area contributed by atoms with Crippen molar-refractivity contribution in [3.63, 3.8) is 0 Å². The van der Waals surface area contributed by atoms with Crippen LogP contribution in [0, 0.1) is 6.92 Å². The molecule has 0 heteroatoms. The molecule has 0 fully saturated rings. The Kier molecular flexibility index (Phi) is 2.71. The van der Waals surface area contributed by atoms with E-state index < -0.39 is 0 Å². The molecule has 1 aliphatic carbocycles. The zero-order valence-electron chi connectivity index (χ0n) is 9.12. The molecule has 0 nitrogen and oxygen atoms in total. The van der Waals surface area contributed by atoms with Crippen molar-refractivity contribution in [2.24, 2.45) is 0 Å². The maximum atomic E-state index is 3.28. The van der Waals surface area contributed by atoms with Crippen molar-refractivity contribution in [2.75, 3.05) is 0 Å². The molecule has 0 unspecified atom stereocenters. The fourth-order valence-electron chi connectivity index (χ4n) is 1.49. The first-order chi connectivity index (χ1) is 7.25. The predicted octanol–water partition coefficient (Wildman–Crippen LogP) is 4.05. The first kappa shape index (κ1) is 9.76. The minimum absolute atomic E-state index is 1.14. The lowest BCUT2D eigenvalue weighted by molar-refractivity contribution is 1.45. The van der Waals surface area contributed by atoms with E-state index in [0.717, 1.165) is 5.57 Å². The van der Waals surface area contributed by atoms with E-state index in [1.807, 2.05) is 6.08 Å². The maximum absolute atomic E-state index is 3.28. The van der Waals surface area contributed by atoms with Crippen LogP contribution in [0.25, 0.3) is 5.57 Å². The number of aryl methyl sites for hydroxylation is 1. The summed E-state index contributed by atoms with van der Waals surface area (Å²) in [6, 6.07) is 8.53. The van der Waals surface area contributed by atoms with Gasteiger partial charge in [-0.2, -0.15) is 0 Å². The highest BCUT2D eigenvalue weighted by molar-refractivity contribution is 5.74. The van der Waals surface area contributed by atoms with Crippen molar-refractivity contribution in [2.45, 2.75) is 13.8 Å². The molecule has 2 rings (SSSR count). The van der Waals surface area contributed by atoms with Gasteiger partial charge in [0, 0.05) is 5.57 Å². The van der Waals surface area contributed by atoms with Crippen LogP contribution >= 0.6 is 0 Å². The van der Waals surface area contributed by atoms with Crippen LogP contribution in [0.15, 0.2) is 59.9 Å². The minimum atomic E-state index is 1.14. The largest absolute Gasteiger partial charge is 0.112 e. The Bertz CT molecular complexity index is 475. The Morgan fingerprint density at radius 1 is 0.933 bits per heavy atom. The molecule has 74 valence electrons. The highest BCUT2D eigenvalue weighted by atomic mass is 14.0. The summed E-state index contributed by atoms with van der Waals surface area (Å²) in [6.07, 6.45) is 8.27. The Balaban J connectivity index is 2.38. The van der Waals surface area contributed by atoms with E-state index in [1.165, 1.54) is 16.7 Å². The van der Waals surface area contributed by atoms with Crippen molar-refractivity contribution in [3.8, 4) is 0 Å². The average Bonchev–Trinajstić information content (AvgIpc) is 2.44. The van der Waals surface area contributed by atoms with Crippen molar-refractivity contribution in [1.29, 1.82) is 0 Å². The highest BCUT2D eigenvalue weighted by Gasteiger charge is 1.97. The van der Waals surface area contributed by atoms with Gasteiger partial charge in [-0.25, -0.2) is 0 Å². The molecule has 0 saturated heterocycles. The van der Waals surface area contributed by atoms with Gasteiger partial charge in [-0.3, -0.25) is 0 Å². The molecule has 0 aromatic heterocycles. The van der Waals surface area contributed by atoms with E-state index in [2.05, 4.69) is 62.1 Å². The smallest absolute Gasteiger partial charge is 0.0237 e. The summed E-state index contributed by atoms with van der Waals surface area (Å²) in [5, 5.41) is 0. The van der Waals surface area contributed by atoms with Gasteiger partial charge in [0.25, 0.3) is 0 Å².